The van der Waals surface area contributed by atoms with E-state index in [1.807, 2.05) is 29.2 Å². The summed E-state index contributed by atoms with van der Waals surface area (Å²) in [4.78, 5) is 17.6. The van der Waals surface area contributed by atoms with E-state index in [9.17, 15) is 9.18 Å². The first-order chi connectivity index (χ1) is 14.6. The number of nitrogens with zero attached hydrogens (tertiary/aromatic N) is 4. The minimum atomic E-state index is -0.316. The molecule has 0 N–H and O–H groups in total. The summed E-state index contributed by atoms with van der Waals surface area (Å²) in [6, 6.07) is 13.6. The molecule has 1 fully saturated rings. The molecule has 7 heteroatoms. The van der Waals surface area contributed by atoms with Crippen molar-refractivity contribution in [3.05, 3.63) is 66.1 Å². The number of likely N-dealkylation sites (N-methyl/N-ethyl adjacent to an activating group) is 1. The Morgan fingerprint density at radius 1 is 1.10 bits per heavy atom. The van der Waals surface area contributed by atoms with Crippen LogP contribution in [0.5, 0.6) is 5.75 Å². The molecule has 2 aromatic carbocycles. The van der Waals surface area contributed by atoms with Crippen molar-refractivity contribution in [1.82, 2.24) is 19.6 Å². The summed E-state index contributed by atoms with van der Waals surface area (Å²) in [5, 5.41) is 4.68. The number of rotatable bonds is 5. The van der Waals surface area contributed by atoms with Gasteiger partial charge in [0, 0.05) is 37.9 Å². The fourth-order valence-corrected chi connectivity index (χ4v) is 3.68. The second-order valence-corrected chi connectivity index (χ2v) is 7.27. The minimum absolute atomic E-state index is 0.0445. The lowest BCUT2D eigenvalue weighted by Gasteiger charge is -2.34. The number of ether oxygens (including phenoxy) is 1. The van der Waals surface area contributed by atoms with Gasteiger partial charge < -0.3 is 14.5 Å². The van der Waals surface area contributed by atoms with Crippen molar-refractivity contribution in [3.63, 3.8) is 0 Å². The average molecular weight is 408 g/mol. The summed E-state index contributed by atoms with van der Waals surface area (Å²) >= 11 is 0. The second-order valence-electron chi connectivity index (χ2n) is 7.27. The maximum absolute atomic E-state index is 13.4. The molecule has 1 amide bonds. The minimum Gasteiger partial charge on any atom is -0.497 e. The summed E-state index contributed by atoms with van der Waals surface area (Å²) in [5.74, 6) is 0.333. The van der Waals surface area contributed by atoms with Crippen molar-refractivity contribution in [1.29, 1.82) is 0 Å². The van der Waals surface area contributed by atoms with Gasteiger partial charge >= 0.3 is 0 Å². The van der Waals surface area contributed by atoms with E-state index in [1.165, 1.54) is 12.1 Å². The Bertz CT molecular complexity index is 1020. The number of benzene rings is 2. The largest absolute Gasteiger partial charge is 0.497 e. The number of carbonyl (C=O) groups is 1. The molecule has 0 spiro atoms. The van der Waals surface area contributed by atoms with Gasteiger partial charge in [-0.25, -0.2) is 9.07 Å². The van der Waals surface area contributed by atoms with E-state index in [0.717, 1.165) is 25.2 Å². The van der Waals surface area contributed by atoms with E-state index in [2.05, 4.69) is 16.9 Å². The van der Waals surface area contributed by atoms with E-state index < -0.39 is 0 Å². The van der Waals surface area contributed by atoms with Crippen molar-refractivity contribution in [3.8, 4) is 22.7 Å². The van der Waals surface area contributed by atoms with E-state index in [-0.39, 0.29) is 11.7 Å². The van der Waals surface area contributed by atoms with Gasteiger partial charge in [-0.2, -0.15) is 5.10 Å². The number of halogens is 1. The van der Waals surface area contributed by atoms with Crippen LogP contribution in [-0.2, 0) is 0 Å². The number of methoxy groups -OCH3 is 1. The van der Waals surface area contributed by atoms with Gasteiger partial charge in [-0.3, -0.25) is 4.79 Å². The molecule has 0 radical (unpaired) electrons. The molecule has 3 aromatic rings. The van der Waals surface area contributed by atoms with Crippen LogP contribution in [0.15, 0.2) is 54.7 Å². The smallest absolute Gasteiger partial charge is 0.257 e. The van der Waals surface area contributed by atoms with Crippen LogP contribution in [0.3, 0.4) is 0 Å². The van der Waals surface area contributed by atoms with Gasteiger partial charge in [0.05, 0.1) is 18.4 Å². The fourth-order valence-electron chi connectivity index (χ4n) is 3.68. The Balaban J connectivity index is 1.73. The summed E-state index contributed by atoms with van der Waals surface area (Å²) < 4.78 is 20.3. The van der Waals surface area contributed by atoms with Gasteiger partial charge in [-0.05, 0) is 42.9 Å². The summed E-state index contributed by atoms with van der Waals surface area (Å²) in [7, 11) is 1.61. The number of hydrogen-bond acceptors (Lipinski definition) is 4. The zero-order chi connectivity index (χ0) is 21.1. The third kappa shape index (κ3) is 4.07. The van der Waals surface area contributed by atoms with Gasteiger partial charge in [0.15, 0.2) is 0 Å². The summed E-state index contributed by atoms with van der Waals surface area (Å²) in [6.45, 7) is 6.22. The molecule has 1 aliphatic rings. The molecule has 0 atom stereocenters. The van der Waals surface area contributed by atoms with Crippen LogP contribution in [0.25, 0.3) is 16.9 Å². The Hall–Kier alpha value is -3.19. The van der Waals surface area contributed by atoms with E-state index in [0.29, 0.717) is 35.8 Å². The molecule has 0 unspecified atom stereocenters. The zero-order valence-corrected chi connectivity index (χ0v) is 17.2. The number of aromatic nitrogens is 2. The monoisotopic (exact) mass is 408 g/mol. The van der Waals surface area contributed by atoms with Crippen molar-refractivity contribution in [2.45, 2.75) is 6.92 Å². The molecule has 4 rings (SSSR count). The standard InChI is InChI=1S/C23H25FN4O2/c1-3-26-11-13-27(14-12-26)23(29)21-16-28(19-9-7-18(24)8-10-19)25-22(21)17-5-4-6-20(15-17)30-2/h4-10,15-16H,3,11-14H2,1-2H3. The Morgan fingerprint density at radius 3 is 2.50 bits per heavy atom. The molecule has 1 saturated heterocycles. The first kappa shape index (κ1) is 20.1. The quantitative estimate of drug-likeness (QED) is 0.649. The summed E-state index contributed by atoms with van der Waals surface area (Å²) in [6.07, 6.45) is 1.73. The van der Waals surface area contributed by atoms with E-state index in [1.54, 1.807) is 30.1 Å². The number of amides is 1. The molecule has 30 heavy (non-hydrogen) atoms. The van der Waals surface area contributed by atoms with Crippen molar-refractivity contribution in [2.75, 3.05) is 39.8 Å². The highest BCUT2D eigenvalue weighted by Gasteiger charge is 2.26. The van der Waals surface area contributed by atoms with Crippen LogP contribution in [0.4, 0.5) is 4.39 Å². The van der Waals surface area contributed by atoms with E-state index in [4.69, 9.17) is 4.74 Å². The number of piperazine rings is 1. The lowest BCUT2D eigenvalue weighted by atomic mass is 10.1. The molecular weight excluding hydrogens is 383 g/mol. The van der Waals surface area contributed by atoms with Gasteiger partial charge in [0.25, 0.3) is 5.91 Å². The van der Waals surface area contributed by atoms with Crippen LogP contribution in [0, 0.1) is 5.82 Å². The topological polar surface area (TPSA) is 50.6 Å². The highest BCUT2D eigenvalue weighted by molar-refractivity contribution is 6.00. The molecular formula is C23H25FN4O2. The van der Waals surface area contributed by atoms with Gasteiger partial charge in [-0.1, -0.05) is 19.1 Å². The second kappa shape index (κ2) is 8.67. The van der Waals surface area contributed by atoms with Crippen molar-refractivity contribution >= 4 is 5.91 Å². The molecule has 0 saturated carbocycles. The van der Waals surface area contributed by atoms with Gasteiger partial charge in [0.1, 0.15) is 17.3 Å². The normalized spacial score (nSPS) is 14.7. The van der Waals surface area contributed by atoms with Crippen molar-refractivity contribution < 1.29 is 13.9 Å². The highest BCUT2D eigenvalue weighted by Crippen LogP contribution is 2.28. The third-order valence-corrected chi connectivity index (χ3v) is 5.49. The van der Waals surface area contributed by atoms with Gasteiger partial charge in [0.2, 0.25) is 0 Å². The number of carbonyl (C=O) groups excluding carboxylic acids is 1. The molecule has 0 aliphatic carbocycles. The average Bonchev–Trinajstić information content (AvgIpc) is 3.24. The summed E-state index contributed by atoms with van der Waals surface area (Å²) in [5.41, 5.74) is 2.60. The van der Waals surface area contributed by atoms with Crippen LogP contribution in [0.1, 0.15) is 17.3 Å². The predicted molar refractivity (Wildman–Crippen MR) is 114 cm³/mol. The zero-order valence-electron chi connectivity index (χ0n) is 17.2. The maximum Gasteiger partial charge on any atom is 0.257 e. The molecule has 6 nitrogen and oxygen atoms in total. The van der Waals surface area contributed by atoms with Crippen LogP contribution < -0.4 is 4.74 Å². The molecule has 2 heterocycles. The Morgan fingerprint density at radius 2 is 1.83 bits per heavy atom. The Labute approximate surface area is 175 Å². The Kier molecular flexibility index (Phi) is 5.81. The maximum atomic E-state index is 13.4. The SMILES string of the molecule is CCN1CCN(C(=O)c2cn(-c3ccc(F)cc3)nc2-c2cccc(OC)c2)CC1. The van der Waals surface area contributed by atoms with E-state index >= 15 is 0 Å². The molecule has 1 aliphatic heterocycles. The number of hydrogen-bond donors (Lipinski definition) is 0. The first-order valence-corrected chi connectivity index (χ1v) is 10.1. The van der Waals surface area contributed by atoms with Crippen LogP contribution >= 0.6 is 0 Å². The highest BCUT2D eigenvalue weighted by atomic mass is 19.1. The molecule has 1 aromatic heterocycles. The molecule has 156 valence electrons. The van der Waals surface area contributed by atoms with Gasteiger partial charge in [-0.15, -0.1) is 0 Å². The van der Waals surface area contributed by atoms with Crippen LogP contribution in [0.2, 0.25) is 0 Å². The van der Waals surface area contributed by atoms with Crippen molar-refractivity contribution in [2.24, 2.45) is 0 Å². The lowest BCUT2D eigenvalue weighted by molar-refractivity contribution is 0.0644. The first-order valence-electron chi connectivity index (χ1n) is 10.1. The molecule has 0 bridgehead atoms. The van der Waals surface area contributed by atoms with Crippen LogP contribution in [-0.4, -0.2) is 65.3 Å². The lowest BCUT2D eigenvalue weighted by Crippen LogP contribution is -2.48. The third-order valence-electron chi connectivity index (χ3n) is 5.49. The fraction of sp³-hybridized carbons (Fsp3) is 0.304. The predicted octanol–water partition coefficient (Wildman–Crippen LogP) is 3.46.